The van der Waals surface area contributed by atoms with E-state index in [1.54, 1.807) is 24.3 Å². The molecule has 2 aromatic rings. The standard InChI is InChI=1S/C26H29FO5/c1-3-26(4-2)22(14-13-19(28)15-20(29)16-24(30)31)25(17-9-11-18(27)12-10-17)21-7-5-6-8-23(21)32-26/h5-14,19-20,28-29H,3-4,15-16H2,1-2H3,(H,30,31)/b14-13+/t19-,20-/m1/s1. The van der Waals surface area contributed by atoms with Crippen molar-refractivity contribution in [3.05, 3.63) is 83.2 Å². The van der Waals surface area contributed by atoms with Gasteiger partial charge in [-0.25, -0.2) is 4.39 Å². The minimum atomic E-state index is -1.15. The molecule has 0 saturated heterocycles. The van der Waals surface area contributed by atoms with Crippen molar-refractivity contribution in [2.45, 2.75) is 57.3 Å². The number of rotatable bonds is 9. The van der Waals surface area contributed by atoms with Crippen molar-refractivity contribution in [2.75, 3.05) is 0 Å². The summed E-state index contributed by atoms with van der Waals surface area (Å²) in [5, 5.41) is 29.1. The average Bonchev–Trinajstić information content (AvgIpc) is 2.76. The minimum Gasteiger partial charge on any atom is -0.482 e. The first-order chi connectivity index (χ1) is 15.3. The van der Waals surface area contributed by atoms with Crippen LogP contribution in [0, 0.1) is 5.82 Å². The Morgan fingerprint density at radius 3 is 2.38 bits per heavy atom. The number of benzene rings is 2. The lowest BCUT2D eigenvalue weighted by molar-refractivity contribution is -0.139. The summed E-state index contributed by atoms with van der Waals surface area (Å²) < 4.78 is 20.1. The molecule has 0 aliphatic carbocycles. The van der Waals surface area contributed by atoms with Crippen molar-refractivity contribution in [1.82, 2.24) is 0 Å². The lowest BCUT2D eigenvalue weighted by Gasteiger charge is -2.40. The SMILES string of the molecule is CCC1(CC)Oc2ccccc2C(c2ccc(F)cc2)=C1/C=C/[C@@H](O)C[C@@H](O)CC(=O)O. The van der Waals surface area contributed by atoms with Gasteiger partial charge in [-0.3, -0.25) is 4.79 Å². The van der Waals surface area contributed by atoms with E-state index in [0.717, 1.165) is 28.0 Å². The molecule has 3 N–H and O–H groups in total. The minimum absolute atomic E-state index is 0.0926. The van der Waals surface area contributed by atoms with E-state index in [4.69, 9.17) is 9.84 Å². The zero-order valence-electron chi connectivity index (χ0n) is 18.3. The maximum Gasteiger partial charge on any atom is 0.305 e. The van der Waals surface area contributed by atoms with Gasteiger partial charge in [0.1, 0.15) is 17.2 Å². The van der Waals surface area contributed by atoms with Crippen molar-refractivity contribution < 1.29 is 29.2 Å². The molecule has 0 fully saturated rings. The van der Waals surface area contributed by atoms with Crippen LogP contribution in [-0.4, -0.2) is 39.1 Å². The Hall–Kier alpha value is -2.96. The second-order valence-corrected chi connectivity index (χ2v) is 8.01. The zero-order chi connectivity index (χ0) is 23.3. The lowest BCUT2D eigenvalue weighted by atomic mass is 9.77. The molecule has 0 saturated carbocycles. The molecular weight excluding hydrogens is 411 g/mol. The van der Waals surface area contributed by atoms with Gasteiger partial charge in [0.2, 0.25) is 0 Å². The number of ether oxygens (including phenoxy) is 1. The average molecular weight is 441 g/mol. The number of carbonyl (C=O) groups is 1. The van der Waals surface area contributed by atoms with Gasteiger partial charge >= 0.3 is 5.97 Å². The molecule has 0 bridgehead atoms. The van der Waals surface area contributed by atoms with Gasteiger partial charge in [-0.1, -0.05) is 56.3 Å². The highest BCUT2D eigenvalue weighted by Gasteiger charge is 2.39. The molecule has 0 radical (unpaired) electrons. The Labute approximate surface area is 187 Å². The summed E-state index contributed by atoms with van der Waals surface area (Å²) in [6.45, 7) is 4.06. The molecule has 3 rings (SSSR count). The lowest BCUT2D eigenvalue weighted by Crippen LogP contribution is -2.39. The molecule has 1 heterocycles. The molecule has 1 aliphatic heterocycles. The maximum atomic E-state index is 13.6. The summed E-state index contributed by atoms with van der Waals surface area (Å²) >= 11 is 0. The Kier molecular flexibility index (Phi) is 7.48. The number of hydrogen-bond donors (Lipinski definition) is 3. The van der Waals surface area contributed by atoms with Crippen LogP contribution < -0.4 is 4.74 Å². The van der Waals surface area contributed by atoms with E-state index < -0.39 is 30.2 Å². The molecule has 0 amide bonds. The molecule has 2 aromatic carbocycles. The molecule has 6 heteroatoms. The first-order valence-electron chi connectivity index (χ1n) is 10.8. The number of aliphatic hydroxyl groups is 2. The number of fused-ring (bicyclic) bond motifs is 1. The first-order valence-corrected chi connectivity index (χ1v) is 10.8. The van der Waals surface area contributed by atoms with Crippen molar-refractivity contribution in [3.63, 3.8) is 0 Å². The normalized spacial score (nSPS) is 17.0. The monoisotopic (exact) mass is 440 g/mol. The topological polar surface area (TPSA) is 87.0 Å². The number of carboxylic acid groups (broad SMARTS) is 1. The van der Waals surface area contributed by atoms with Crippen molar-refractivity contribution in [3.8, 4) is 5.75 Å². The molecular formula is C26H29FO5. The van der Waals surface area contributed by atoms with Crippen molar-refractivity contribution >= 4 is 11.5 Å². The highest BCUT2D eigenvalue weighted by molar-refractivity contribution is 5.88. The van der Waals surface area contributed by atoms with E-state index in [1.807, 2.05) is 38.1 Å². The van der Waals surface area contributed by atoms with Crippen LogP contribution >= 0.6 is 0 Å². The Balaban J connectivity index is 2.12. The van der Waals surface area contributed by atoms with E-state index in [2.05, 4.69) is 0 Å². The third-order valence-corrected chi connectivity index (χ3v) is 5.91. The van der Waals surface area contributed by atoms with Crippen LogP contribution in [0.5, 0.6) is 5.75 Å². The summed E-state index contributed by atoms with van der Waals surface area (Å²) in [7, 11) is 0. The number of para-hydroxylation sites is 1. The molecule has 0 spiro atoms. The van der Waals surface area contributed by atoms with E-state index in [-0.39, 0.29) is 12.2 Å². The van der Waals surface area contributed by atoms with Crippen molar-refractivity contribution in [1.29, 1.82) is 0 Å². The van der Waals surface area contributed by atoms with Crippen LogP contribution in [-0.2, 0) is 4.79 Å². The Morgan fingerprint density at radius 2 is 1.75 bits per heavy atom. The van der Waals surface area contributed by atoms with Crippen LogP contribution in [0.1, 0.15) is 50.7 Å². The van der Waals surface area contributed by atoms with Crippen LogP contribution in [0.25, 0.3) is 5.57 Å². The van der Waals surface area contributed by atoms with Crippen molar-refractivity contribution in [2.24, 2.45) is 0 Å². The van der Waals surface area contributed by atoms with Gasteiger partial charge in [0.05, 0.1) is 18.6 Å². The molecule has 0 unspecified atom stereocenters. The second-order valence-electron chi connectivity index (χ2n) is 8.01. The largest absolute Gasteiger partial charge is 0.482 e. The Bertz CT molecular complexity index is 1010. The molecule has 1 aliphatic rings. The number of aliphatic hydroxyl groups excluding tert-OH is 2. The predicted octanol–water partition coefficient (Wildman–Crippen LogP) is 4.72. The fourth-order valence-corrected chi connectivity index (χ4v) is 4.19. The highest BCUT2D eigenvalue weighted by atomic mass is 19.1. The zero-order valence-corrected chi connectivity index (χ0v) is 18.3. The van der Waals surface area contributed by atoms with Gasteiger partial charge in [0, 0.05) is 17.6 Å². The summed E-state index contributed by atoms with van der Waals surface area (Å²) in [6, 6.07) is 14.0. The maximum absolute atomic E-state index is 13.6. The fourth-order valence-electron chi connectivity index (χ4n) is 4.19. The summed E-state index contributed by atoms with van der Waals surface area (Å²) in [6.07, 6.45) is 1.97. The van der Waals surface area contributed by atoms with E-state index in [1.165, 1.54) is 12.1 Å². The number of halogens is 1. The molecule has 170 valence electrons. The van der Waals surface area contributed by atoms with Gasteiger partial charge in [-0.15, -0.1) is 0 Å². The van der Waals surface area contributed by atoms with Crippen LogP contribution in [0.3, 0.4) is 0 Å². The van der Waals surface area contributed by atoms with Gasteiger partial charge in [0.25, 0.3) is 0 Å². The molecule has 2 atom stereocenters. The predicted molar refractivity (Wildman–Crippen MR) is 121 cm³/mol. The van der Waals surface area contributed by atoms with Crippen LogP contribution in [0.15, 0.2) is 66.3 Å². The second kappa shape index (κ2) is 10.1. The smallest absolute Gasteiger partial charge is 0.305 e. The first kappa shape index (κ1) is 23.7. The van der Waals surface area contributed by atoms with Gasteiger partial charge in [0.15, 0.2) is 0 Å². The Morgan fingerprint density at radius 1 is 1.09 bits per heavy atom. The summed E-state index contributed by atoms with van der Waals surface area (Å²) in [5.41, 5.74) is 2.78. The van der Waals surface area contributed by atoms with E-state index in [9.17, 15) is 19.4 Å². The van der Waals surface area contributed by atoms with E-state index in [0.29, 0.717) is 12.8 Å². The van der Waals surface area contributed by atoms with E-state index >= 15 is 0 Å². The van der Waals surface area contributed by atoms with Crippen LogP contribution in [0.2, 0.25) is 0 Å². The highest BCUT2D eigenvalue weighted by Crippen LogP contribution is 2.47. The number of carboxylic acids is 1. The fraction of sp³-hybridized carbons (Fsp3) is 0.346. The van der Waals surface area contributed by atoms with Crippen LogP contribution in [0.4, 0.5) is 4.39 Å². The molecule has 0 aromatic heterocycles. The number of hydrogen-bond acceptors (Lipinski definition) is 4. The third-order valence-electron chi connectivity index (χ3n) is 5.91. The quantitative estimate of drug-likeness (QED) is 0.525. The third kappa shape index (κ3) is 5.09. The molecule has 5 nitrogen and oxygen atoms in total. The number of aliphatic carboxylic acids is 1. The summed E-state index contributed by atoms with van der Waals surface area (Å²) in [4.78, 5) is 10.8. The van der Waals surface area contributed by atoms with Gasteiger partial charge in [-0.05, 0) is 42.2 Å². The molecule has 32 heavy (non-hydrogen) atoms. The van der Waals surface area contributed by atoms with Gasteiger partial charge in [-0.2, -0.15) is 0 Å². The van der Waals surface area contributed by atoms with Gasteiger partial charge < -0.3 is 20.1 Å². The summed E-state index contributed by atoms with van der Waals surface area (Å²) in [5.74, 6) is -0.708.